The second-order valence-corrected chi connectivity index (χ2v) is 20.6. The van der Waals surface area contributed by atoms with Gasteiger partial charge in [0, 0.05) is 27.2 Å². The molecule has 0 bridgehead atoms. The van der Waals surface area contributed by atoms with E-state index in [0.29, 0.717) is 6.42 Å². The molecule has 4 aliphatic rings. The summed E-state index contributed by atoms with van der Waals surface area (Å²) < 4.78 is 77.9. The van der Waals surface area contributed by atoms with Crippen LogP contribution in [0.25, 0.3) is 0 Å². The zero-order valence-corrected chi connectivity index (χ0v) is 43.7. The molecule has 14 N–H and O–H groups in total. The fraction of sp³-hybridized carbons (Fsp3) is 0.913. The summed E-state index contributed by atoms with van der Waals surface area (Å²) in [6.07, 6.45) is -14.6. The maximum absolute atomic E-state index is 13.3. The second kappa shape index (κ2) is 31.6. The summed E-state index contributed by atoms with van der Waals surface area (Å²) in [5, 5.41) is 109. The lowest BCUT2D eigenvalue weighted by molar-refractivity contribution is -0.361. The number of ether oxygens (including phenoxy) is 7. The van der Waals surface area contributed by atoms with E-state index >= 15 is 0 Å². The first-order chi connectivity index (χ1) is 35.5. The first-order valence-electron chi connectivity index (χ1n) is 25.8. The predicted octanol–water partition coefficient (Wildman–Crippen LogP) is -3.89. The van der Waals surface area contributed by atoms with Gasteiger partial charge < -0.3 is 100 Å². The lowest BCUT2D eigenvalue weighted by Gasteiger charge is -2.51. The molecule has 20 atom stereocenters. The monoisotopic (exact) mass is 1110 g/mol. The summed E-state index contributed by atoms with van der Waals surface area (Å²) in [5.41, 5.74) is 0. The van der Waals surface area contributed by atoms with Gasteiger partial charge in [0.15, 0.2) is 25.2 Å². The van der Waals surface area contributed by atoms with Crippen molar-refractivity contribution in [1.29, 1.82) is 0 Å². The third-order valence-corrected chi connectivity index (χ3v) is 13.9. The molecule has 436 valence electrons. The standard InChI is InChI=1S/C46H82N4O24S/c1-5-6-7-8-9-10-11-12-13-14-15-16-17-18-30(57)50-32-36(59)35(58)26(19-51)69-44(32)72-40-27(20-52)70-45(33(38(40)61)48-24(3)55)73-41-28(21-53)71-46(34(39(41)62)49-25(4)56)74-42-29(22-67-75(64,65)66)68-43(63)31(37(42)60)47-23(2)54/h26-29,31-46,51-53,58-63H,5-22H2,1-4H3,(H,47,54)(H,48,55)(H,49,56)(H,50,57)(H,64,65,66)/t26-,27-,28-,29-,31-,32+,33-,34-,35-,36-,37?,38?,39-,40-,41-,42-,43?,44?,45+,46+/m1/s1. The molecule has 0 aromatic rings. The zero-order chi connectivity index (χ0) is 55.6. The van der Waals surface area contributed by atoms with Gasteiger partial charge in [0.1, 0.15) is 97.4 Å². The fourth-order valence-corrected chi connectivity index (χ4v) is 9.94. The number of nitrogens with one attached hydrogen (secondary N) is 4. The quantitative estimate of drug-likeness (QED) is 0.0242. The highest BCUT2D eigenvalue weighted by Gasteiger charge is 2.56. The smallest absolute Gasteiger partial charge is 0.394 e. The van der Waals surface area contributed by atoms with Gasteiger partial charge in [-0.3, -0.25) is 23.7 Å². The molecule has 4 heterocycles. The van der Waals surface area contributed by atoms with Crippen LogP contribution in [-0.4, -0.2) is 232 Å². The number of aliphatic hydroxyl groups excluding tert-OH is 9. The number of carbonyl (C=O) groups is 4. The topological polar surface area (TPSA) is 427 Å². The number of hydrogen-bond acceptors (Lipinski definition) is 23. The van der Waals surface area contributed by atoms with E-state index in [1.54, 1.807) is 0 Å². The molecule has 0 spiro atoms. The number of carbonyl (C=O) groups excluding carboxylic acids is 4. The van der Waals surface area contributed by atoms with Crippen LogP contribution in [0.2, 0.25) is 0 Å². The molecule has 4 aliphatic heterocycles. The van der Waals surface area contributed by atoms with Crippen molar-refractivity contribution in [1.82, 2.24) is 21.3 Å². The Hall–Kier alpha value is -2.89. The van der Waals surface area contributed by atoms with Gasteiger partial charge in [-0.25, -0.2) is 4.18 Å². The van der Waals surface area contributed by atoms with Crippen LogP contribution in [0.1, 0.15) is 118 Å². The summed E-state index contributed by atoms with van der Waals surface area (Å²) in [7, 11) is -5.15. The van der Waals surface area contributed by atoms with Crippen molar-refractivity contribution in [3.8, 4) is 0 Å². The average Bonchev–Trinajstić information content (AvgIpc) is 3.34. The highest BCUT2D eigenvalue weighted by molar-refractivity contribution is 7.80. The normalized spacial score (nSPS) is 36.3. The van der Waals surface area contributed by atoms with Crippen LogP contribution in [0.3, 0.4) is 0 Å². The Balaban J connectivity index is 1.49. The molecule has 4 rings (SSSR count). The molecule has 4 fully saturated rings. The Morgan fingerprint density at radius 2 is 0.827 bits per heavy atom. The van der Waals surface area contributed by atoms with Crippen molar-refractivity contribution in [2.75, 3.05) is 26.4 Å². The SMILES string of the molecule is CCCCCCCCCCCCCCCC(=O)N[C@@H]1C(O[C@H]2C(O)[C@@H](NC(C)=O)[C@H](O[C@H]3[C@H](O)[C@@H](NC(C)=O)[C@H](O[C@H]4C(O)[C@@H](NC(C)=O)C(O)O[C@@H]4COS(=O)(=O)O)O[C@@H]3CO)O[C@@H]2CO)O[C@H](CO)[C@@H](O)[C@@H]1O. The van der Waals surface area contributed by atoms with E-state index in [4.69, 9.17) is 33.2 Å². The van der Waals surface area contributed by atoms with Crippen LogP contribution in [0.5, 0.6) is 0 Å². The van der Waals surface area contributed by atoms with E-state index < -0.39 is 183 Å². The molecular weight excluding hydrogens is 1020 g/mol. The van der Waals surface area contributed by atoms with Crippen molar-refractivity contribution in [3.63, 3.8) is 0 Å². The van der Waals surface area contributed by atoms with Gasteiger partial charge in [-0.15, -0.1) is 0 Å². The van der Waals surface area contributed by atoms with Crippen molar-refractivity contribution in [3.05, 3.63) is 0 Å². The Morgan fingerprint density at radius 1 is 0.467 bits per heavy atom. The van der Waals surface area contributed by atoms with Gasteiger partial charge in [0.2, 0.25) is 23.6 Å². The number of amides is 4. The van der Waals surface area contributed by atoms with Gasteiger partial charge in [-0.2, -0.15) is 8.42 Å². The molecule has 0 aliphatic carbocycles. The molecule has 0 aromatic carbocycles. The van der Waals surface area contributed by atoms with E-state index in [0.717, 1.165) is 52.9 Å². The lowest BCUT2D eigenvalue weighted by Crippen LogP contribution is -2.71. The Labute approximate surface area is 436 Å². The molecule has 29 heteroatoms. The van der Waals surface area contributed by atoms with E-state index in [1.165, 1.54) is 44.9 Å². The number of rotatable bonds is 30. The van der Waals surface area contributed by atoms with Gasteiger partial charge >= 0.3 is 10.4 Å². The van der Waals surface area contributed by atoms with Crippen molar-refractivity contribution >= 4 is 34.0 Å². The van der Waals surface area contributed by atoms with Gasteiger partial charge in [0.25, 0.3) is 0 Å². The van der Waals surface area contributed by atoms with E-state index in [2.05, 4.69) is 32.4 Å². The van der Waals surface area contributed by atoms with E-state index in [1.807, 2.05) is 0 Å². The molecule has 0 radical (unpaired) electrons. The van der Waals surface area contributed by atoms with Crippen LogP contribution in [0.15, 0.2) is 0 Å². The van der Waals surface area contributed by atoms with Crippen LogP contribution >= 0.6 is 0 Å². The van der Waals surface area contributed by atoms with E-state index in [9.17, 15) is 78.1 Å². The lowest BCUT2D eigenvalue weighted by atomic mass is 9.93. The number of unbranched alkanes of at least 4 members (excludes halogenated alkanes) is 12. The molecule has 0 aromatic heterocycles. The van der Waals surface area contributed by atoms with Gasteiger partial charge in [0.05, 0.1) is 26.4 Å². The number of hydrogen-bond donors (Lipinski definition) is 14. The third-order valence-electron chi connectivity index (χ3n) is 13.5. The van der Waals surface area contributed by atoms with Crippen LogP contribution in [0, 0.1) is 0 Å². The second-order valence-electron chi connectivity index (χ2n) is 19.5. The molecule has 4 unspecified atom stereocenters. The highest BCUT2D eigenvalue weighted by atomic mass is 32.3. The summed E-state index contributed by atoms with van der Waals surface area (Å²) in [4.78, 5) is 50.5. The minimum Gasteiger partial charge on any atom is -0.394 e. The van der Waals surface area contributed by atoms with Crippen molar-refractivity contribution < 1.29 is 115 Å². The maximum Gasteiger partial charge on any atom is 0.397 e. The summed E-state index contributed by atoms with van der Waals surface area (Å²) in [6, 6.07) is -6.57. The minimum atomic E-state index is -5.15. The Kier molecular flexibility index (Phi) is 27.3. The van der Waals surface area contributed by atoms with Crippen molar-refractivity contribution in [2.45, 2.75) is 240 Å². The average molecular weight is 1110 g/mol. The van der Waals surface area contributed by atoms with Crippen LogP contribution < -0.4 is 21.3 Å². The first kappa shape index (κ1) is 64.6. The van der Waals surface area contributed by atoms with Crippen molar-refractivity contribution in [2.24, 2.45) is 0 Å². The largest absolute Gasteiger partial charge is 0.397 e. The maximum atomic E-state index is 13.3. The van der Waals surface area contributed by atoms with E-state index in [-0.39, 0.29) is 6.42 Å². The molecule has 28 nitrogen and oxygen atoms in total. The third kappa shape index (κ3) is 19.5. The fourth-order valence-electron chi connectivity index (χ4n) is 9.64. The molecular formula is C46H82N4O24S. The van der Waals surface area contributed by atoms with Gasteiger partial charge in [-0.05, 0) is 6.42 Å². The summed E-state index contributed by atoms with van der Waals surface area (Å²) >= 11 is 0. The summed E-state index contributed by atoms with van der Waals surface area (Å²) in [6.45, 7) is 1.43. The minimum absolute atomic E-state index is 0.0409. The Morgan fingerprint density at radius 3 is 1.23 bits per heavy atom. The molecule has 0 saturated carbocycles. The molecule has 75 heavy (non-hydrogen) atoms. The zero-order valence-electron chi connectivity index (χ0n) is 42.9. The van der Waals surface area contributed by atoms with Crippen LogP contribution in [-0.2, 0) is 66.9 Å². The number of aliphatic hydroxyl groups is 9. The van der Waals surface area contributed by atoms with Crippen LogP contribution in [0.4, 0.5) is 0 Å². The highest BCUT2D eigenvalue weighted by Crippen LogP contribution is 2.35. The summed E-state index contributed by atoms with van der Waals surface area (Å²) in [5.74, 6) is -2.90. The molecule has 4 saturated heterocycles. The predicted molar refractivity (Wildman–Crippen MR) is 255 cm³/mol. The molecule has 4 amide bonds. The van der Waals surface area contributed by atoms with Gasteiger partial charge in [-0.1, -0.05) is 84.0 Å². The first-order valence-corrected chi connectivity index (χ1v) is 27.1. The Bertz CT molecular complexity index is 1860.